The Hall–Kier alpha value is -2.99. The first-order valence-electron chi connectivity index (χ1n) is 9.65. The standard InChI is InChI=1S/C22H24N4O2/c1-16-23-21(25-28-16)18-7-9-19(10-8-18)22(27)24-20-11-13-26(14-12-20)15-17-5-3-2-4-6-17/h2-10,20H,11-15H2,1H3,(H,24,27). The van der Waals surface area contributed by atoms with E-state index in [0.29, 0.717) is 17.3 Å². The van der Waals surface area contributed by atoms with E-state index < -0.39 is 0 Å². The average Bonchev–Trinajstić information content (AvgIpc) is 3.17. The van der Waals surface area contributed by atoms with Crippen molar-refractivity contribution >= 4 is 5.91 Å². The monoisotopic (exact) mass is 376 g/mol. The fourth-order valence-electron chi connectivity index (χ4n) is 3.53. The van der Waals surface area contributed by atoms with Crippen LogP contribution in [0.5, 0.6) is 0 Å². The molecule has 1 aromatic heterocycles. The minimum absolute atomic E-state index is 0.0302. The predicted molar refractivity (Wildman–Crippen MR) is 107 cm³/mol. The summed E-state index contributed by atoms with van der Waals surface area (Å²) in [6.07, 6.45) is 1.94. The number of amides is 1. The lowest BCUT2D eigenvalue weighted by Gasteiger charge is -2.32. The van der Waals surface area contributed by atoms with Crippen molar-refractivity contribution < 1.29 is 9.32 Å². The number of likely N-dealkylation sites (tertiary alicyclic amines) is 1. The smallest absolute Gasteiger partial charge is 0.251 e. The molecule has 1 aliphatic rings. The maximum Gasteiger partial charge on any atom is 0.251 e. The van der Waals surface area contributed by atoms with Crippen molar-refractivity contribution in [3.8, 4) is 11.4 Å². The second kappa shape index (κ2) is 8.35. The van der Waals surface area contributed by atoms with E-state index in [1.165, 1.54) is 5.56 Å². The van der Waals surface area contributed by atoms with E-state index in [4.69, 9.17) is 4.52 Å². The van der Waals surface area contributed by atoms with Gasteiger partial charge in [0.1, 0.15) is 0 Å². The van der Waals surface area contributed by atoms with Crippen LogP contribution in [0.4, 0.5) is 0 Å². The Morgan fingerprint density at radius 2 is 1.82 bits per heavy atom. The maximum absolute atomic E-state index is 12.6. The Labute approximate surface area is 164 Å². The minimum Gasteiger partial charge on any atom is -0.349 e. The van der Waals surface area contributed by atoms with Crippen molar-refractivity contribution in [3.63, 3.8) is 0 Å². The Morgan fingerprint density at radius 3 is 2.46 bits per heavy atom. The van der Waals surface area contributed by atoms with Gasteiger partial charge < -0.3 is 9.84 Å². The molecule has 2 heterocycles. The summed E-state index contributed by atoms with van der Waals surface area (Å²) in [4.78, 5) is 19.2. The molecule has 3 aromatic rings. The number of hydrogen-bond acceptors (Lipinski definition) is 5. The molecule has 4 rings (SSSR count). The summed E-state index contributed by atoms with van der Waals surface area (Å²) in [6.45, 7) is 4.72. The molecule has 6 nitrogen and oxygen atoms in total. The Bertz CT molecular complexity index is 913. The van der Waals surface area contributed by atoms with E-state index in [-0.39, 0.29) is 11.9 Å². The van der Waals surface area contributed by atoms with Gasteiger partial charge in [-0.1, -0.05) is 47.6 Å². The first kappa shape index (κ1) is 18.4. The summed E-state index contributed by atoms with van der Waals surface area (Å²) in [5, 5.41) is 7.07. The number of hydrogen-bond donors (Lipinski definition) is 1. The second-order valence-electron chi connectivity index (χ2n) is 7.22. The minimum atomic E-state index is -0.0302. The second-order valence-corrected chi connectivity index (χ2v) is 7.22. The zero-order chi connectivity index (χ0) is 19.3. The summed E-state index contributed by atoms with van der Waals surface area (Å²) < 4.78 is 5.00. The van der Waals surface area contributed by atoms with Gasteiger partial charge >= 0.3 is 0 Å². The molecule has 0 atom stereocenters. The van der Waals surface area contributed by atoms with Crippen molar-refractivity contribution in [2.75, 3.05) is 13.1 Å². The third-order valence-corrected chi connectivity index (χ3v) is 5.10. The predicted octanol–water partition coefficient (Wildman–Crippen LogP) is 3.44. The molecule has 0 radical (unpaired) electrons. The number of piperidine rings is 1. The lowest BCUT2D eigenvalue weighted by molar-refractivity contribution is 0.0909. The van der Waals surface area contributed by atoms with Gasteiger partial charge in [0.05, 0.1) is 0 Å². The van der Waals surface area contributed by atoms with Crippen molar-refractivity contribution in [1.82, 2.24) is 20.4 Å². The van der Waals surface area contributed by atoms with Crippen LogP contribution in [0.15, 0.2) is 59.1 Å². The zero-order valence-electron chi connectivity index (χ0n) is 16.0. The van der Waals surface area contributed by atoms with Crippen LogP contribution in [-0.2, 0) is 6.54 Å². The summed E-state index contributed by atoms with van der Waals surface area (Å²) in [5.74, 6) is 1.03. The van der Waals surface area contributed by atoms with Crippen LogP contribution in [0.25, 0.3) is 11.4 Å². The van der Waals surface area contributed by atoms with Crippen molar-refractivity contribution in [3.05, 3.63) is 71.6 Å². The summed E-state index contributed by atoms with van der Waals surface area (Å²) in [6, 6.07) is 18.0. The first-order chi connectivity index (χ1) is 13.7. The van der Waals surface area contributed by atoms with E-state index in [2.05, 4.69) is 44.6 Å². The molecule has 6 heteroatoms. The third kappa shape index (κ3) is 4.46. The molecule has 0 spiro atoms. The number of nitrogens with zero attached hydrogens (tertiary/aromatic N) is 3. The molecule has 144 valence electrons. The van der Waals surface area contributed by atoms with Gasteiger partial charge in [0.15, 0.2) is 0 Å². The molecule has 2 aromatic carbocycles. The van der Waals surface area contributed by atoms with Crippen LogP contribution in [0.3, 0.4) is 0 Å². The highest BCUT2D eigenvalue weighted by atomic mass is 16.5. The number of carbonyl (C=O) groups is 1. The largest absolute Gasteiger partial charge is 0.349 e. The Kier molecular flexibility index (Phi) is 5.48. The van der Waals surface area contributed by atoms with Crippen molar-refractivity contribution in [1.29, 1.82) is 0 Å². The summed E-state index contributed by atoms with van der Waals surface area (Å²) in [5.41, 5.74) is 2.82. The molecule has 0 unspecified atom stereocenters. The molecule has 1 amide bonds. The highest BCUT2D eigenvalue weighted by Crippen LogP contribution is 2.18. The van der Waals surface area contributed by atoms with E-state index in [1.807, 2.05) is 18.2 Å². The Morgan fingerprint density at radius 1 is 1.11 bits per heavy atom. The van der Waals surface area contributed by atoms with Gasteiger partial charge in [-0.15, -0.1) is 0 Å². The fraction of sp³-hybridized carbons (Fsp3) is 0.318. The number of carbonyl (C=O) groups excluding carboxylic acids is 1. The summed E-state index contributed by atoms with van der Waals surface area (Å²) >= 11 is 0. The van der Waals surface area contributed by atoms with Gasteiger partial charge in [-0.05, 0) is 30.5 Å². The molecule has 28 heavy (non-hydrogen) atoms. The van der Waals surface area contributed by atoms with Crippen LogP contribution < -0.4 is 5.32 Å². The SMILES string of the molecule is Cc1nc(-c2ccc(C(=O)NC3CCN(Cc4ccccc4)CC3)cc2)no1. The highest BCUT2D eigenvalue weighted by Gasteiger charge is 2.21. The maximum atomic E-state index is 12.6. The average molecular weight is 376 g/mol. The van der Waals surface area contributed by atoms with E-state index >= 15 is 0 Å². The molecule has 0 aliphatic carbocycles. The van der Waals surface area contributed by atoms with Gasteiger partial charge in [-0.3, -0.25) is 9.69 Å². The van der Waals surface area contributed by atoms with Crippen LogP contribution in [-0.4, -0.2) is 40.1 Å². The van der Waals surface area contributed by atoms with E-state index in [9.17, 15) is 4.79 Å². The number of rotatable bonds is 5. The number of benzene rings is 2. The molecule has 1 aliphatic heterocycles. The molecule has 1 fully saturated rings. The molecular weight excluding hydrogens is 352 g/mol. The number of aryl methyl sites for hydroxylation is 1. The molecule has 1 saturated heterocycles. The normalized spacial score (nSPS) is 15.5. The van der Waals surface area contributed by atoms with Crippen LogP contribution in [0, 0.1) is 6.92 Å². The third-order valence-electron chi connectivity index (χ3n) is 5.10. The number of nitrogens with one attached hydrogen (secondary N) is 1. The van der Waals surface area contributed by atoms with Gasteiger partial charge in [0.2, 0.25) is 11.7 Å². The van der Waals surface area contributed by atoms with Crippen LogP contribution >= 0.6 is 0 Å². The highest BCUT2D eigenvalue weighted by molar-refractivity contribution is 5.94. The summed E-state index contributed by atoms with van der Waals surface area (Å²) in [7, 11) is 0. The van der Waals surface area contributed by atoms with Crippen LogP contribution in [0.2, 0.25) is 0 Å². The lowest BCUT2D eigenvalue weighted by Crippen LogP contribution is -2.44. The van der Waals surface area contributed by atoms with Crippen molar-refractivity contribution in [2.45, 2.75) is 32.4 Å². The Balaban J connectivity index is 1.28. The zero-order valence-corrected chi connectivity index (χ0v) is 16.0. The van der Waals surface area contributed by atoms with Gasteiger partial charge in [-0.25, -0.2) is 0 Å². The first-order valence-corrected chi connectivity index (χ1v) is 9.65. The molecule has 0 saturated carbocycles. The fourth-order valence-corrected chi connectivity index (χ4v) is 3.53. The molecular formula is C22H24N4O2. The van der Waals surface area contributed by atoms with E-state index in [0.717, 1.165) is 38.0 Å². The molecule has 1 N–H and O–H groups in total. The van der Waals surface area contributed by atoms with Crippen molar-refractivity contribution in [2.24, 2.45) is 0 Å². The van der Waals surface area contributed by atoms with E-state index in [1.54, 1.807) is 19.1 Å². The van der Waals surface area contributed by atoms with Gasteiger partial charge in [0.25, 0.3) is 5.91 Å². The topological polar surface area (TPSA) is 71.3 Å². The van der Waals surface area contributed by atoms with Gasteiger partial charge in [-0.2, -0.15) is 4.98 Å². The quantitative estimate of drug-likeness (QED) is 0.739. The van der Waals surface area contributed by atoms with Gasteiger partial charge in [0, 0.05) is 43.7 Å². The lowest BCUT2D eigenvalue weighted by atomic mass is 10.0. The number of aromatic nitrogens is 2. The van der Waals surface area contributed by atoms with Crippen LogP contribution in [0.1, 0.15) is 34.7 Å². The molecule has 0 bridgehead atoms.